The Morgan fingerprint density at radius 1 is 1.62 bits per heavy atom. The molecule has 0 bridgehead atoms. The number of rotatable bonds is 3. The van der Waals surface area contributed by atoms with Gasteiger partial charge in [0.2, 0.25) is 0 Å². The molecule has 2 atom stereocenters. The number of hydrogen-bond donors (Lipinski definition) is 4. The molecule has 2 unspecified atom stereocenters. The molecule has 6 nitrogen and oxygen atoms in total. The average molecular weight is 187 g/mol. The SMILES string of the molecule is Cn1cc(C(O)C(O)CO)c(N)n1. The second-order valence-corrected chi connectivity index (χ2v) is 2.84. The zero-order chi connectivity index (χ0) is 10.0. The number of nitrogen functional groups attached to an aromatic ring is 1. The molecule has 0 aromatic carbocycles. The zero-order valence-corrected chi connectivity index (χ0v) is 7.25. The van der Waals surface area contributed by atoms with E-state index in [1.807, 2.05) is 0 Å². The van der Waals surface area contributed by atoms with E-state index in [4.69, 9.17) is 15.9 Å². The summed E-state index contributed by atoms with van der Waals surface area (Å²) in [5.74, 6) is 0.155. The topological polar surface area (TPSA) is 105 Å². The molecule has 0 aliphatic rings. The summed E-state index contributed by atoms with van der Waals surface area (Å²) in [7, 11) is 1.65. The van der Waals surface area contributed by atoms with E-state index >= 15 is 0 Å². The highest BCUT2D eigenvalue weighted by atomic mass is 16.4. The predicted octanol–water partition coefficient (Wildman–Crippen LogP) is -1.61. The lowest BCUT2D eigenvalue weighted by atomic mass is 10.1. The Kier molecular flexibility index (Phi) is 2.86. The van der Waals surface area contributed by atoms with E-state index in [2.05, 4.69) is 5.10 Å². The maximum Gasteiger partial charge on any atom is 0.151 e. The molecule has 0 amide bonds. The Morgan fingerprint density at radius 2 is 2.23 bits per heavy atom. The first kappa shape index (κ1) is 9.97. The maximum absolute atomic E-state index is 9.44. The molecule has 1 aromatic rings. The molecule has 0 saturated heterocycles. The third-order valence-electron chi connectivity index (χ3n) is 1.76. The predicted molar refractivity (Wildman–Crippen MR) is 45.7 cm³/mol. The molecule has 1 aromatic heterocycles. The van der Waals surface area contributed by atoms with Crippen LogP contribution in [0.25, 0.3) is 0 Å². The van der Waals surface area contributed by atoms with Crippen molar-refractivity contribution in [1.82, 2.24) is 9.78 Å². The highest BCUT2D eigenvalue weighted by Gasteiger charge is 2.21. The number of nitrogens with zero attached hydrogens (tertiary/aromatic N) is 2. The summed E-state index contributed by atoms with van der Waals surface area (Å²) in [4.78, 5) is 0. The van der Waals surface area contributed by atoms with Crippen molar-refractivity contribution in [2.24, 2.45) is 7.05 Å². The van der Waals surface area contributed by atoms with Gasteiger partial charge in [0.05, 0.1) is 6.61 Å². The number of aromatic nitrogens is 2. The van der Waals surface area contributed by atoms with Gasteiger partial charge in [0.1, 0.15) is 12.2 Å². The van der Waals surface area contributed by atoms with Crippen LogP contribution >= 0.6 is 0 Å². The van der Waals surface area contributed by atoms with Crippen LogP contribution in [0.1, 0.15) is 11.7 Å². The fourth-order valence-electron chi connectivity index (χ4n) is 1.06. The normalized spacial score (nSPS) is 15.7. The van der Waals surface area contributed by atoms with E-state index in [9.17, 15) is 5.11 Å². The number of aliphatic hydroxyl groups excluding tert-OH is 3. The smallest absolute Gasteiger partial charge is 0.151 e. The van der Waals surface area contributed by atoms with Crippen molar-refractivity contribution in [2.45, 2.75) is 12.2 Å². The fourth-order valence-corrected chi connectivity index (χ4v) is 1.06. The van der Waals surface area contributed by atoms with Crippen LogP contribution in [-0.2, 0) is 7.05 Å². The largest absolute Gasteiger partial charge is 0.394 e. The molecule has 5 N–H and O–H groups in total. The Balaban J connectivity index is 2.87. The van der Waals surface area contributed by atoms with E-state index in [1.165, 1.54) is 10.9 Å². The number of nitrogens with two attached hydrogens (primary N) is 1. The summed E-state index contributed by atoms with van der Waals surface area (Å²) in [5, 5.41) is 30.9. The summed E-state index contributed by atoms with van der Waals surface area (Å²) in [5.41, 5.74) is 5.77. The summed E-state index contributed by atoms with van der Waals surface area (Å²) >= 11 is 0. The van der Waals surface area contributed by atoms with E-state index in [1.54, 1.807) is 7.05 Å². The van der Waals surface area contributed by atoms with Crippen LogP contribution < -0.4 is 5.73 Å². The number of aliphatic hydroxyl groups is 3. The van der Waals surface area contributed by atoms with Crippen molar-refractivity contribution in [1.29, 1.82) is 0 Å². The standard InChI is InChI=1S/C7H13N3O3/c1-10-2-4(7(8)9-10)6(13)5(12)3-11/h2,5-6,11-13H,3H2,1H3,(H2,8,9). The van der Waals surface area contributed by atoms with Crippen LogP contribution in [-0.4, -0.2) is 37.8 Å². The van der Waals surface area contributed by atoms with Crippen LogP contribution in [0.15, 0.2) is 6.20 Å². The first-order valence-electron chi connectivity index (χ1n) is 3.82. The van der Waals surface area contributed by atoms with Gasteiger partial charge in [-0.2, -0.15) is 5.10 Å². The first-order chi connectivity index (χ1) is 6.06. The Hall–Kier alpha value is -1.11. The van der Waals surface area contributed by atoms with Gasteiger partial charge in [0, 0.05) is 18.8 Å². The van der Waals surface area contributed by atoms with E-state index in [-0.39, 0.29) is 5.82 Å². The minimum Gasteiger partial charge on any atom is -0.394 e. The van der Waals surface area contributed by atoms with Crippen molar-refractivity contribution in [3.8, 4) is 0 Å². The van der Waals surface area contributed by atoms with Gasteiger partial charge in [0.25, 0.3) is 0 Å². The number of anilines is 1. The van der Waals surface area contributed by atoms with Gasteiger partial charge in [-0.25, -0.2) is 0 Å². The highest BCUT2D eigenvalue weighted by molar-refractivity contribution is 5.39. The molecule has 13 heavy (non-hydrogen) atoms. The number of aryl methyl sites for hydroxylation is 1. The van der Waals surface area contributed by atoms with Crippen molar-refractivity contribution in [2.75, 3.05) is 12.3 Å². The van der Waals surface area contributed by atoms with Gasteiger partial charge in [-0.1, -0.05) is 0 Å². The zero-order valence-electron chi connectivity index (χ0n) is 7.25. The lowest BCUT2D eigenvalue weighted by Crippen LogP contribution is -2.22. The van der Waals surface area contributed by atoms with Crippen LogP contribution in [0.2, 0.25) is 0 Å². The van der Waals surface area contributed by atoms with Gasteiger partial charge in [0.15, 0.2) is 5.82 Å². The first-order valence-corrected chi connectivity index (χ1v) is 3.82. The summed E-state index contributed by atoms with van der Waals surface area (Å²) in [6, 6.07) is 0. The van der Waals surface area contributed by atoms with Crippen molar-refractivity contribution in [3.63, 3.8) is 0 Å². The van der Waals surface area contributed by atoms with Gasteiger partial charge < -0.3 is 21.1 Å². The average Bonchev–Trinajstić information content (AvgIpc) is 2.42. The minimum atomic E-state index is -1.23. The summed E-state index contributed by atoms with van der Waals surface area (Å²) < 4.78 is 1.43. The molecule has 0 spiro atoms. The molecule has 0 aliphatic carbocycles. The number of hydrogen-bond acceptors (Lipinski definition) is 5. The van der Waals surface area contributed by atoms with Crippen molar-refractivity contribution < 1.29 is 15.3 Å². The third kappa shape index (κ3) is 1.97. The second kappa shape index (κ2) is 3.73. The van der Waals surface area contributed by atoms with E-state index < -0.39 is 18.8 Å². The lowest BCUT2D eigenvalue weighted by molar-refractivity contribution is -0.0149. The van der Waals surface area contributed by atoms with Gasteiger partial charge in [-0.05, 0) is 0 Å². The third-order valence-corrected chi connectivity index (χ3v) is 1.76. The van der Waals surface area contributed by atoms with Crippen molar-refractivity contribution in [3.05, 3.63) is 11.8 Å². The molecule has 1 rings (SSSR count). The van der Waals surface area contributed by atoms with Gasteiger partial charge in [-0.15, -0.1) is 0 Å². The van der Waals surface area contributed by atoms with E-state index in [0.29, 0.717) is 5.56 Å². The molecular weight excluding hydrogens is 174 g/mol. The van der Waals surface area contributed by atoms with E-state index in [0.717, 1.165) is 0 Å². The quantitative estimate of drug-likeness (QED) is 0.455. The summed E-state index contributed by atoms with van der Waals surface area (Å²) in [6.45, 7) is -0.518. The van der Waals surface area contributed by atoms with Gasteiger partial charge >= 0.3 is 0 Å². The second-order valence-electron chi connectivity index (χ2n) is 2.84. The van der Waals surface area contributed by atoms with Gasteiger partial charge in [-0.3, -0.25) is 4.68 Å². The molecule has 0 fully saturated rings. The monoisotopic (exact) mass is 187 g/mol. The molecular formula is C7H13N3O3. The minimum absolute atomic E-state index is 0.155. The lowest BCUT2D eigenvalue weighted by Gasteiger charge is -2.13. The molecule has 0 saturated carbocycles. The van der Waals surface area contributed by atoms with Crippen LogP contribution in [0, 0.1) is 0 Å². The van der Waals surface area contributed by atoms with Crippen molar-refractivity contribution >= 4 is 5.82 Å². The Labute approximate surface area is 75.2 Å². The Morgan fingerprint density at radius 3 is 2.62 bits per heavy atom. The van der Waals surface area contributed by atoms with Crippen LogP contribution in [0.4, 0.5) is 5.82 Å². The Bertz CT molecular complexity index is 287. The maximum atomic E-state index is 9.44. The molecule has 6 heteroatoms. The van der Waals surface area contributed by atoms with Crippen LogP contribution in [0.3, 0.4) is 0 Å². The molecule has 1 heterocycles. The molecule has 0 radical (unpaired) electrons. The molecule has 74 valence electrons. The summed E-state index contributed by atoms with van der Waals surface area (Å²) in [6.07, 6.45) is -0.927. The van der Waals surface area contributed by atoms with Crippen LogP contribution in [0.5, 0.6) is 0 Å². The highest BCUT2D eigenvalue weighted by Crippen LogP contribution is 2.21. The molecule has 0 aliphatic heterocycles. The fraction of sp³-hybridized carbons (Fsp3) is 0.571.